The number of anilines is 3. The van der Waals surface area contributed by atoms with Gasteiger partial charge in [-0.15, -0.1) is 10.2 Å². The fourth-order valence-corrected chi connectivity index (χ4v) is 4.71. The van der Waals surface area contributed by atoms with E-state index in [1.807, 2.05) is 24.3 Å². The molecule has 0 spiro atoms. The van der Waals surface area contributed by atoms with E-state index in [1.54, 1.807) is 14.0 Å². The summed E-state index contributed by atoms with van der Waals surface area (Å²) in [5.41, 5.74) is 1.32. The molecule has 1 heterocycles. The lowest BCUT2D eigenvalue weighted by Gasteiger charge is -2.10. The lowest BCUT2D eigenvalue weighted by atomic mass is 10.3. The number of benzene rings is 2. The van der Waals surface area contributed by atoms with E-state index >= 15 is 0 Å². The molecule has 158 valence electrons. The molecule has 1 atom stereocenters. The predicted octanol–water partition coefficient (Wildman–Crippen LogP) is 3.06. The Kier molecular flexibility index (Phi) is 6.92. The average Bonchev–Trinajstić information content (AvgIpc) is 3.15. The number of nitrogens with two attached hydrogens (primary N) is 1. The van der Waals surface area contributed by atoms with Gasteiger partial charge in [-0.1, -0.05) is 23.1 Å². The Morgan fingerprint density at radius 2 is 1.73 bits per heavy atom. The number of carbonyl (C=O) groups is 1. The maximum absolute atomic E-state index is 12.4. The van der Waals surface area contributed by atoms with Crippen molar-refractivity contribution < 1.29 is 17.9 Å². The minimum atomic E-state index is -3.77. The first-order valence-electron chi connectivity index (χ1n) is 8.59. The van der Waals surface area contributed by atoms with Gasteiger partial charge in [0, 0.05) is 11.4 Å². The van der Waals surface area contributed by atoms with Crippen LogP contribution in [0.25, 0.3) is 0 Å². The number of hydrogen-bond donors (Lipinski definition) is 3. The highest BCUT2D eigenvalue weighted by molar-refractivity contribution is 8.02. The monoisotopic (exact) mass is 465 g/mol. The van der Waals surface area contributed by atoms with Crippen LogP contribution < -0.4 is 20.5 Å². The molecule has 0 aliphatic rings. The summed E-state index contributed by atoms with van der Waals surface area (Å²) in [6, 6.07) is 13.0. The van der Waals surface area contributed by atoms with Crippen LogP contribution in [-0.2, 0) is 14.8 Å². The number of nitrogens with zero attached hydrogens (tertiary/aromatic N) is 2. The molecular formula is C18H19N5O4S3. The molecule has 12 heteroatoms. The molecule has 30 heavy (non-hydrogen) atoms. The molecule has 0 aliphatic carbocycles. The smallest absolute Gasteiger partial charge is 0.238 e. The number of thioether (sulfide) groups is 1. The number of sulfonamides is 1. The highest BCUT2D eigenvalue weighted by Crippen LogP contribution is 2.31. The van der Waals surface area contributed by atoms with Crippen LogP contribution in [0.1, 0.15) is 6.92 Å². The van der Waals surface area contributed by atoms with Gasteiger partial charge in [-0.3, -0.25) is 4.79 Å². The van der Waals surface area contributed by atoms with Gasteiger partial charge in [0.1, 0.15) is 5.75 Å². The first kappa shape index (κ1) is 22.0. The highest BCUT2D eigenvalue weighted by Gasteiger charge is 2.18. The Morgan fingerprint density at radius 3 is 2.33 bits per heavy atom. The third-order valence-corrected chi connectivity index (χ3v) is 6.80. The first-order chi connectivity index (χ1) is 14.2. The largest absolute Gasteiger partial charge is 0.497 e. The summed E-state index contributed by atoms with van der Waals surface area (Å²) in [6.45, 7) is 1.75. The summed E-state index contributed by atoms with van der Waals surface area (Å²) in [6.07, 6.45) is 0. The van der Waals surface area contributed by atoms with Crippen LogP contribution in [0.3, 0.4) is 0 Å². The normalized spacial score (nSPS) is 12.2. The molecule has 3 aromatic rings. The summed E-state index contributed by atoms with van der Waals surface area (Å²) in [5, 5.41) is 19.3. The van der Waals surface area contributed by atoms with Crippen molar-refractivity contribution in [1.82, 2.24) is 10.2 Å². The summed E-state index contributed by atoms with van der Waals surface area (Å²) < 4.78 is 28.3. The van der Waals surface area contributed by atoms with E-state index in [0.717, 1.165) is 11.4 Å². The average molecular weight is 466 g/mol. The van der Waals surface area contributed by atoms with Crippen molar-refractivity contribution in [3.8, 4) is 5.75 Å². The minimum absolute atomic E-state index is 0.0197. The van der Waals surface area contributed by atoms with Crippen molar-refractivity contribution >= 4 is 55.5 Å². The third-order valence-electron chi connectivity index (χ3n) is 3.84. The quantitative estimate of drug-likeness (QED) is 0.432. The Morgan fingerprint density at radius 1 is 1.10 bits per heavy atom. The molecule has 0 aliphatic heterocycles. The maximum Gasteiger partial charge on any atom is 0.238 e. The van der Waals surface area contributed by atoms with Gasteiger partial charge in [0.2, 0.25) is 21.1 Å². The molecule has 4 N–H and O–H groups in total. The second-order valence-electron chi connectivity index (χ2n) is 6.05. The Balaban J connectivity index is 1.56. The van der Waals surface area contributed by atoms with E-state index in [0.29, 0.717) is 15.2 Å². The van der Waals surface area contributed by atoms with Crippen molar-refractivity contribution in [2.45, 2.75) is 21.4 Å². The Labute approximate surface area is 182 Å². The summed E-state index contributed by atoms with van der Waals surface area (Å²) in [7, 11) is -2.17. The van der Waals surface area contributed by atoms with Crippen molar-refractivity contribution in [2.24, 2.45) is 5.14 Å². The fourth-order valence-electron chi connectivity index (χ4n) is 2.28. The number of methoxy groups -OCH3 is 1. The van der Waals surface area contributed by atoms with Gasteiger partial charge in [-0.25, -0.2) is 13.6 Å². The zero-order valence-corrected chi connectivity index (χ0v) is 18.5. The summed E-state index contributed by atoms with van der Waals surface area (Å²) >= 11 is 2.60. The number of amides is 1. The number of ether oxygens (including phenoxy) is 1. The van der Waals surface area contributed by atoms with Gasteiger partial charge >= 0.3 is 0 Å². The topological polar surface area (TPSA) is 136 Å². The van der Waals surface area contributed by atoms with Crippen LogP contribution in [-0.4, -0.2) is 36.9 Å². The Hall–Kier alpha value is -2.67. The van der Waals surface area contributed by atoms with E-state index in [4.69, 9.17) is 9.88 Å². The van der Waals surface area contributed by atoms with E-state index in [2.05, 4.69) is 20.8 Å². The second kappa shape index (κ2) is 9.43. The van der Waals surface area contributed by atoms with E-state index in [9.17, 15) is 13.2 Å². The Bertz CT molecular complexity index is 1120. The number of nitrogens with one attached hydrogen (secondary N) is 2. The molecule has 0 radical (unpaired) electrons. The lowest BCUT2D eigenvalue weighted by molar-refractivity contribution is -0.115. The van der Waals surface area contributed by atoms with Crippen molar-refractivity contribution in [1.29, 1.82) is 0 Å². The zero-order chi connectivity index (χ0) is 21.7. The number of rotatable bonds is 8. The van der Waals surface area contributed by atoms with Crippen LogP contribution in [0.15, 0.2) is 57.8 Å². The highest BCUT2D eigenvalue weighted by atomic mass is 32.2. The SMILES string of the molecule is COc1ccc(Nc2nnc(S[C@H](C)C(=O)Nc3ccc(S(N)(=O)=O)cc3)s2)cc1. The van der Waals surface area contributed by atoms with Gasteiger partial charge in [0.05, 0.1) is 17.3 Å². The molecule has 1 amide bonds. The summed E-state index contributed by atoms with van der Waals surface area (Å²) in [5.74, 6) is 0.511. The van der Waals surface area contributed by atoms with E-state index in [1.165, 1.54) is 47.4 Å². The van der Waals surface area contributed by atoms with Crippen LogP contribution in [0.2, 0.25) is 0 Å². The molecule has 2 aromatic carbocycles. The van der Waals surface area contributed by atoms with Gasteiger partial charge in [-0.2, -0.15) is 0 Å². The molecule has 0 saturated heterocycles. The van der Waals surface area contributed by atoms with Crippen LogP contribution in [0.5, 0.6) is 5.75 Å². The van der Waals surface area contributed by atoms with Gasteiger partial charge < -0.3 is 15.4 Å². The fraction of sp³-hybridized carbons (Fsp3) is 0.167. The van der Waals surface area contributed by atoms with Crippen molar-refractivity contribution in [3.05, 3.63) is 48.5 Å². The third kappa shape index (κ3) is 5.92. The summed E-state index contributed by atoms with van der Waals surface area (Å²) in [4.78, 5) is 12.4. The second-order valence-corrected chi connectivity index (χ2v) is 10.2. The standard InChI is InChI=1S/C18H19N5O4S3/c1-11(16(24)20-12-5-9-15(10-6-12)30(19,25)26)28-18-23-22-17(29-18)21-13-3-7-14(27-2)8-4-13/h3-11H,1-2H3,(H,20,24)(H,21,22)(H2,19,25,26)/t11-/m1/s1. The molecule has 9 nitrogen and oxygen atoms in total. The van der Waals surface area contributed by atoms with Crippen LogP contribution in [0.4, 0.5) is 16.5 Å². The van der Waals surface area contributed by atoms with Gasteiger partial charge in [0.15, 0.2) is 4.34 Å². The van der Waals surface area contributed by atoms with Gasteiger partial charge in [-0.05, 0) is 55.5 Å². The molecule has 0 fully saturated rings. The first-order valence-corrected chi connectivity index (χ1v) is 11.8. The predicted molar refractivity (Wildman–Crippen MR) is 118 cm³/mol. The van der Waals surface area contributed by atoms with E-state index < -0.39 is 15.3 Å². The van der Waals surface area contributed by atoms with E-state index in [-0.39, 0.29) is 10.8 Å². The van der Waals surface area contributed by atoms with Crippen molar-refractivity contribution in [2.75, 3.05) is 17.7 Å². The van der Waals surface area contributed by atoms with Crippen LogP contribution in [0, 0.1) is 0 Å². The number of carbonyl (C=O) groups excluding carboxylic acids is 1. The molecule has 0 unspecified atom stereocenters. The lowest BCUT2D eigenvalue weighted by Crippen LogP contribution is -2.22. The number of hydrogen-bond acceptors (Lipinski definition) is 9. The minimum Gasteiger partial charge on any atom is -0.497 e. The maximum atomic E-state index is 12.4. The molecule has 0 saturated carbocycles. The molecule has 0 bridgehead atoms. The molecular weight excluding hydrogens is 446 g/mol. The van der Waals surface area contributed by atoms with Crippen LogP contribution >= 0.6 is 23.1 Å². The molecule has 1 aromatic heterocycles. The zero-order valence-electron chi connectivity index (χ0n) is 16.0. The molecule has 3 rings (SSSR count). The number of aromatic nitrogens is 2. The van der Waals surface area contributed by atoms with Gasteiger partial charge in [0.25, 0.3) is 0 Å². The van der Waals surface area contributed by atoms with Crippen molar-refractivity contribution in [3.63, 3.8) is 0 Å². The number of primary sulfonamides is 1.